The normalized spacial score (nSPS) is 21.9. The molecule has 3 rings (SSSR count). The first-order valence-electron chi connectivity index (χ1n) is 8.44. The third-order valence-corrected chi connectivity index (χ3v) is 5.28. The lowest BCUT2D eigenvalue weighted by Crippen LogP contribution is -2.21. The lowest BCUT2D eigenvalue weighted by atomic mass is 9.81. The van der Waals surface area contributed by atoms with E-state index in [1.54, 1.807) is 0 Å². The van der Waals surface area contributed by atoms with Crippen LogP contribution in [-0.4, -0.2) is 11.5 Å². The number of pyridine rings is 1. The van der Waals surface area contributed by atoms with Crippen LogP contribution in [0.15, 0.2) is 18.3 Å². The van der Waals surface area contributed by atoms with E-state index in [2.05, 4.69) is 22.4 Å². The quantitative estimate of drug-likeness (QED) is 0.890. The summed E-state index contributed by atoms with van der Waals surface area (Å²) in [6, 6.07) is 6.71. The van der Waals surface area contributed by atoms with Crippen LogP contribution in [0, 0.1) is 17.2 Å². The predicted octanol–water partition coefficient (Wildman–Crippen LogP) is 4.41. The van der Waals surface area contributed by atoms with Crippen LogP contribution in [0.2, 0.25) is 0 Å². The zero-order chi connectivity index (χ0) is 14.5. The van der Waals surface area contributed by atoms with Crippen molar-refractivity contribution in [3.63, 3.8) is 0 Å². The molecule has 0 unspecified atom stereocenters. The van der Waals surface area contributed by atoms with Crippen LogP contribution < -0.4 is 5.32 Å². The van der Waals surface area contributed by atoms with E-state index in [1.807, 2.05) is 12.3 Å². The van der Waals surface area contributed by atoms with Gasteiger partial charge in [-0.25, -0.2) is 4.98 Å². The molecule has 0 bridgehead atoms. The van der Waals surface area contributed by atoms with E-state index in [-0.39, 0.29) is 5.41 Å². The third-order valence-electron chi connectivity index (χ3n) is 5.28. The zero-order valence-electron chi connectivity index (χ0n) is 12.8. The van der Waals surface area contributed by atoms with Gasteiger partial charge in [0.25, 0.3) is 0 Å². The molecule has 0 saturated heterocycles. The highest BCUT2D eigenvalue weighted by Gasteiger charge is 2.36. The first-order valence-corrected chi connectivity index (χ1v) is 8.44. The number of nitrogens with zero attached hydrogens (tertiary/aromatic N) is 2. The Labute approximate surface area is 127 Å². The minimum Gasteiger partial charge on any atom is -0.370 e. The topological polar surface area (TPSA) is 48.7 Å². The molecule has 1 heterocycles. The van der Waals surface area contributed by atoms with Crippen molar-refractivity contribution in [1.29, 1.82) is 5.26 Å². The van der Waals surface area contributed by atoms with Gasteiger partial charge in [-0.2, -0.15) is 5.26 Å². The average Bonchev–Trinajstić information content (AvgIpc) is 3.04. The Kier molecular flexibility index (Phi) is 4.43. The molecule has 0 amide bonds. The van der Waals surface area contributed by atoms with Crippen LogP contribution in [0.4, 0.5) is 5.82 Å². The van der Waals surface area contributed by atoms with E-state index in [4.69, 9.17) is 0 Å². The SMILES string of the molecule is N#CC1(c2ccnc(NCC3CCCCC3)c2)CCCC1. The number of nitriles is 1. The standard InChI is InChI=1S/C18H25N3/c19-14-18(9-4-5-10-18)16-8-11-20-17(12-16)21-13-15-6-2-1-3-7-15/h8,11-12,15H,1-7,9-10,13H2,(H,20,21). The Hall–Kier alpha value is -1.56. The number of anilines is 1. The molecule has 21 heavy (non-hydrogen) atoms. The molecule has 0 aliphatic heterocycles. The molecule has 1 aromatic rings. The summed E-state index contributed by atoms with van der Waals surface area (Å²) in [5, 5.41) is 13.1. The van der Waals surface area contributed by atoms with Gasteiger partial charge >= 0.3 is 0 Å². The first kappa shape index (κ1) is 14.4. The molecule has 3 heteroatoms. The second-order valence-electron chi connectivity index (χ2n) is 6.72. The first-order chi connectivity index (χ1) is 10.3. The summed E-state index contributed by atoms with van der Waals surface area (Å²) in [5.41, 5.74) is 0.896. The molecule has 1 aromatic heterocycles. The van der Waals surface area contributed by atoms with Crippen LogP contribution in [-0.2, 0) is 5.41 Å². The van der Waals surface area contributed by atoms with Gasteiger partial charge < -0.3 is 5.32 Å². The van der Waals surface area contributed by atoms with E-state index in [9.17, 15) is 5.26 Å². The van der Waals surface area contributed by atoms with Gasteiger partial charge in [-0.3, -0.25) is 0 Å². The fourth-order valence-corrected chi connectivity index (χ4v) is 3.91. The lowest BCUT2D eigenvalue weighted by Gasteiger charge is -2.23. The summed E-state index contributed by atoms with van der Waals surface area (Å²) < 4.78 is 0. The van der Waals surface area contributed by atoms with Crippen molar-refractivity contribution in [1.82, 2.24) is 4.98 Å². The minimum atomic E-state index is -0.260. The summed E-state index contributed by atoms with van der Waals surface area (Å²) in [5.74, 6) is 1.74. The van der Waals surface area contributed by atoms with Crippen LogP contribution in [0.5, 0.6) is 0 Å². The maximum atomic E-state index is 9.60. The minimum absolute atomic E-state index is 0.260. The molecule has 3 nitrogen and oxygen atoms in total. The molecular weight excluding hydrogens is 258 g/mol. The van der Waals surface area contributed by atoms with E-state index in [0.29, 0.717) is 0 Å². The Bertz CT molecular complexity index is 505. The summed E-state index contributed by atoms with van der Waals surface area (Å²) in [6.45, 7) is 1.02. The van der Waals surface area contributed by atoms with Crippen molar-refractivity contribution < 1.29 is 0 Å². The highest BCUT2D eigenvalue weighted by molar-refractivity contribution is 5.43. The van der Waals surface area contributed by atoms with Crippen molar-refractivity contribution in [2.75, 3.05) is 11.9 Å². The smallest absolute Gasteiger partial charge is 0.126 e. The van der Waals surface area contributed by atoms with Gasteiger partial charge in [0.2, 0.25) is 0 Å². The monoisotopic (exact) mass is 283 g/mol. The number of nitrogens with one attached hydrogen (secondary N) is 1. The van der Waals surface area contributed by atoms with Crippen LogP contribution >= 0.6 is 0 Å². The van der Waals surface area contributed by atoms with Crippen molar-refractivity contribution in [3.05, 3.63) is 23.9 Å². The highest BCUT2D eigenvalue weighted by atomic mass is 15.0. The number of hydrogen-bond donors (Lipinski definition) is 1. The van der Waals surface area contributed by atoms with E-state index in [0.717, 1.165) is 36.7 Å². The van der Waals surface area contributed by atoms with Gasteiger partial charge in [-0.1, -0.05) is 32.1 Å². The predicted molar refractivity (Wildman–Crippen MR) is 85.1 cm³/mol. The summed E-state index contributed by atoms with van der Waals surface area (Å²) in [7, 11) is 0. The second-order valence-corrected chi connectivity index (χ2v) is 6.72. The molecule has 2 fully saturated rings. The van der Waals surface area contributed by atoms with Gasteiger partial charge in [0.05, 0.1) is 11.5 Å². The second kappa shape index (κ2) is 6.47. The maximum Gasteiger partial charge on any atom is 0.126 e. The van der Waals surface area contributed by atoms with E-state index in [1.165, 1.54) is 44.9 Å². The maximum absolute atomic E-state index is 9.60. The molecule has 0 aromatic carbocycles. The molecule has 1 N–H and O–H groups in total. The van der Waals surface area contributed by atoms with Crippen LogP contribution in [0.3, 0.4) is 0 Å². The van der Waals surface area contributed by atoms with Gasteiger partial charge in [0.1, 0.15) is 5.82 Å². The average molecular weight is 283 g/mol. The number of aromatic nitrogens is 1. The Balaban J connectivity index is 1.67. The molecule has 0 spiro atoms. The van der Waals surface area contributed by atoms with Gasteiger partial charge in [0, 0.05) is 12.7 Å². The fraction of sp³-hybridized carbons (Fsp3) is 0.667. The summed E-state index contributed by atoms with van der Waals surface area (Å²) >= 11 is 0. The third kappa shape index (κ3) is 3.20. The van der Waals surface area contributed by atoms with E-state index < -0.39 is 0 Å². The zero-order valence-corrected chi connectivity index (χ0v) is 12.8. The Morgan fingerprint density at radius 3 is 2.67 bits per heavy atom. The Morgan fingerprint density at radius 2 is 1.95 bits per heavy atom. The van der Waals surface area contributed by atoms with Gasteiger partial charge in [-0.05, 0) is 49.3 Å². The molecule has 2 aliphatic carbocycles. The molecule has 112 valence electrons. The van der Waals surface area contributed by atoms with Crippen LogP contribution in [0.25, 0.3) is 0 Å². The van der Waals surface area contributed by atoms with Gasteiger partial charge in [0.15, 0.2) is 0 Å². The Morgan fingerprint density at radius 1 is 1.19 bits per heavy atom. The van der Waals surface area contributed by atoms with Crippen molar-refractivity contribution >= 4 is 5.82 Å². The highest BCUT2D eigenvalue weighted by Crippen LogP contribution is 2.40. The lowest BCUT2D eigenvalue weighted by molar-refractivity contribution is 0.373. The van der Waals surface area contributed by atoms with Crippen molar-refractivity contribution in [3.8, 4) is 6.07 Å². The molecule has 0 atom stereocenters. The number of hydrogen-bond acceptors (Lipinski definition) is 3. The number of rotatable bonds is 4. The molecule has 2 aliphatic rings. The van der Waals surface area contributed by atoms with E-state index >= 15 is 0 Å². The van der Waals surface area contributed by atoms with Crippen LogP contribution in [0.1, 0.15) is 63.4 Å². The van der Waals surface area contributed by atoms with Crippen molar-refractivity contribution in [2.45, 2.75) is 63.2 Å². The van der Waals surface area contributed by atoms with Gasteiger partial charge in [-0.15, -0.1) is 0 Å². The van der Waals surface area contributed by atoms with Crippen molar-refractivity contribution in [2.24, 2.45) is 5.92 Å². The fourth-order valence-electron chi connectivity index (χ4n) is 3.91. The molecule has 2 saturated carbocycles. The molecule has 0 radical (unpaired) electrons. The summed E-state index contributed by atoms with van der Waals surface area (Å²) in [4.78, 5) is 4.44. The largest absolute Gasteiger partial charge is 0.370 e. The summed E-state index contributed by atoms with van der Waals surface area (Å²) in [6.07, 6.45) is 13.0. The molecular formula is C18H25N3.